The molecule has 2 aliphatic heterocycles. The minimum Gasteiger partial charge on any atom is -0.497 e. The lowest BCUT2D eigenvalue weighted by Gasteiger charge is -2.40. The van der Waals surface area contributed by atoms with Gasteiger partial charge >= 0.3 is 12.1 Å². The average molecular weight is 319 g/mol. The highest BCUT2D eigenvalue weighted by atomic mass is 16.6. The Morgan fingerprint density at radius 1 is 1.39 bits per heavy atom. The number of nitrogens with one attached hydrogen (secondary N) is 1. The highest BCUT2D eigenvalue weighted by Crippen LogP contribution is 2.22. The predicted octanol–water partition coefficient (Wildman–Crippen LogP) is 1.14. The molecule has 1 aromatic rings. The van der Waals surface area contributed by atoms with E-state index in [1.165, 1.54) is 0 Å². The van der Waals surface area contributed by atoms with E-state index in [-0.39, 0.29) is 24.5 Å². The topological polar surface area (TPSA) is 88.2 Å². The lowest BCUT2D eigenvalue weighted by Crippen LogP contribution is -2.55. The quantitative estimate of drug-likeness (QED) is 0.899. The van der Waals surface area contributed by atoms with Gasteiger partial charge in [0.1, 0.15) is 5.75 Å². The Kier molecular flexibility index (Phi) is 4.05. The number of rotatable bonds is 4. The summed E-state index contributed by atoms with van der Waals surface area (Å²) in [6, 6.07) is 6.87. The molecule has 0 radical (unpaired) electrons. The van der Waals surface area contributed by atoms with Gasteiger partial charge in [-0.05, 0) is 12.1 Å². The van der Waals surface area contributed by atoms with Crippen LogP contribution in [0.15, 0.2) is 24.3 Å². The van der Waals surface area contributed by atoms with Gasteiger partial charge in [0.15, 0.2) is 6.61 Å². The van der Waals surface area contributed by atoms with Crippen LogP contribution in [0.5, 0.6) is 5.75 Å². The first-order chi connectivity index (χ1) is 11.1. The second-order valence-electron chi connectivity index (χ2n) is 5.49. The molecule has 1 N–H and O–H groups in total. The number of carbonyl (C=O) groups excluding carboxylic acids is 3. The highest BCUT2D eigenvalue weighted by Gasteiger charge is 2.38. The van der Waals surface area contributed by atoms with Crippen molar-refractivity contribution in [2.24, 2.45) is 5.92 Å². The van der Waals surface area contributed by atoms with Crippen molar-refractivity contribution in [2.45, 2.75) is 0 Å². The van der Waals surface area contributed by atoms with Crippen molar-refractivity contribution in [3.8, 4) is 5.75 Å². The molecule has 8 nitrogen and oxygen atoms in total. The SMILES string of the molecule is COc1cccc(NC(=O)N2CC(CN3C(=O)COC3=O)C2)c1. The molecule has 2 aliphatic rings. The number of urea groups is 1. The number of methoxy groups -OCH3 is 1. The standard InChI is InChI=1S/C15H17N3O5/c1-22-12-4-2-3-11(5-12)16-14(20)17-6-10(7-17)8-18-13(19)9-23-15(18)21/h2-5,10H,6-9H2,1H3,(H,16,20). The fraction of sp³-hybridized carbons (Fsp3) is 0.400. The predicted molar refractivity (Wildman–Crippen MR) is 80.1 cm³/mol. The molecule has 0 bridgehead atoms. The third-order valence-electron chi connectivity index (χ3n) is 3.85. The molecule has 2 heterocycles. The molecule has 23 heavy (non-hydrogen) atoms. The van der Waals surface area contributed by atoms with Crippen LogP contribution in [0.3, 0.4) is 0 Å². The maximum Gasteiger partial charge on any atom is 0.417 e. The smallest absolute Gasteiger partial charge is 0.417 e. The summed E-state index contributed by atoms with van der Waals surface area (Å²) in [5, 5.41) is 2.79. The van der Waals surface area contributed by atoms with Crippen LogP contribution in [-0.4, -0.2) is 61.2 Å². The number of anilines is 1. The number of benzene rings is 1. The number of imide groups is 1. The molecule has 0 atom stereocenters. The molecule has 0 saturated carbocycles. The normalized spacial score (nSPS) is 17.8. The van der Waals surface area contributed by atoms with Crippen LogP contribution < -0.4 is 10.1 Å². The van der Waals surface area contributed by atoms with Crippen LogP contribution in [0.2, 0.25) is 0 Å². The second kappa shape index (κ2) is 6.15. The first kappa shape index (κ1) is 15.1. The van der Waals surface area contributed by atoms with Crippen molar-refractivity contribution in [3.63, 3.8) is 0 Å². The Morgan fingerprint density at radius 2 is 2.17 bits per heavy atom. The lowest BCUT2D eigenvalue weighted by atomic mass is 10.0. The molecule has 3 rings (SSSR count). The molecule has 4 amide bonds. The van der Waals surface area contributed by atoms with E-state index >= 15 is 0 Å². The van der Waals surface area contributed by atoms with Gasteiger partial charge in [-0.3, -0.25) is 4.79 Å². The number of likely N-dealkylation sites (tertiary alicyclic amines) is 1. The zero-order chi connectivity index (χ0) is 16.4. The zero-order valence-corrected chi connectivity index (χ0v) is 12.7. The highest BCUT2D eigenvalue weighted by molar-refractivity contribution is 5.97. The number of hydrogen-bond donors (Lipinski definition) is 1. The molecule has 122 valence electrons. The van der Waals surface area contributed by atoms with Gasteiger partial charge in [0.2, 0.25) is 0 Å². The van der Waals surface area contributed by atoms with Gasteiger partial charge in [0.25, 0.3) is 5.91 Å². The van der Waals surface area contributed by atoms with Crippen molar-refractivity contribution >= 4 is 23.7 Å². The molecule has 8 heteroatoms. The van der Waals surface area contributed by atoms with Crippen molar-refractivity contribution in [2.75, 3.05) is 38.7 Å². The Balaban J connectivity index is 1.48. The summed E-state index contributed by atoms with van der Waals surface area (Å²) in [5.74, 6) is 0.422. The Hall–Kier alpha value is -2.77. The molecular formula is C15H17N3O5. The summed E-state index contributed by atoms with van der Waals surface area (Å²) in [6.45, 7) is 1.09. The van der Waals surface area contributed by atoms with E-state index in [0.29, 0.717) is 31.1 Å². The monoisotopic (exact) mass is 319 g/mol. The molecule has 0 aliphatic carbocycles. The minimum atomic E-state index is -0.603. The van der Waals surface area contributed by atoms with E-state index in [9.17, 15) is 14.4 Å². The third kappa shape index (κ3) is 3.20. The number of nitrogens with zero attached hydrogens (tertiary/aromatic N) is 2. The van der Waals surface area contributed by atoms with E-state index in [2.05, 4.69) is 10.1 Å². The van der Waals surface area contributed by atoms with Crippen molar-refractivity contribution in [3.05, 3.63) is 24.3 Å². The molecule has 0 aromatic heterocycles. The van der Waals surface area contributed by atoms with E-state index in [1.807, 2.05) is 0 Å². The zero-order valence-electron chi connectivity index (χ0n) is 12.7. The number of ether oxygens (including phenoxy) is 2. The van der Waals surface area contributed by atoms with Crippen molar-refractivity contribution < 1.29 is 23.9 Å². The van der Waals surface area contributed by atoms with Crippen molar-refractivity contribution in [1.29, 1.82) is 0 Å². The molecule has 2 saturated heterocycles. The van der Waals surface area contributed by atoms with E-state index in [1.54, 1.807) is 36.3 Å². The van der Waals surface area contributed by atoms with Gasteiger partial charge in [0, 0.05) is 37.3 Å². The maximum absolute atomic E-state index is 12.1. The van der Waals surface area contributed by atoms with Gasteiger partial charge in [-0.1, -0.05) is 6.07 Å². The Bertz CT molecular complexity index is 626. The maximum atomic E-state index is 12.1. The van der Waals surface area contributed by atoms with E-state index < -0.39 is 6.09 Å². The first-order valence-corrected chi connectivity index (χ1v) is 7.24. The van der Waals surface area contributed by atoms with Crippen LogP contribution in [-0.2, 0) is 9.53 Å². The summed E-state index contributed by atoms with van der Waals surface area (Å²) < 4.78 is 9.76. The lowest BCUT2D eigenvalue weighted by molar-refractivity contribution is -0.126. The fourth-order valence-corrected chi connectivity index (χ4v) is 2.57. The van der Waals surface area contributed by atoms with Crippen molar-refractivity contribution in [1.82, 2.24) is 9.80 Å². The molecule has 0 spiro atoms. The van der Waals surface area contributed by atoms with E-state index in [0.717, 1.165) is 4.90 Å². The second-order valence-corrected chi connectivity index (χ2v) is 5.49. The van der Waals surface area contributed by atoms with Crippen LogP contribution in [0.4, 0.5) is 15.3 Å². The summed E-state index contributed by atoms with van der Waals surface area (Å²) in [6.07, 6.45) is -0.603. The Labute approximate surface area is 132 Å². The summed E-state index contributed by atoms with van der Waals surface area (Å²) in [5.41, 5.74) is 0.649. The van der Waals surface area contributed by atoms with Crippen LogP contribution in [0.1, 0.15) is 0 Å². The fourth-order valence-electron chi connectivity index (χ4n) is 2.57. The van der Waals surface area contributed by atoms with Gasteiger partial charge in [0.05, 0.1) is 7.11 Å². The van der Waals surface area contributed by atoms with Gasteiger partial charge in [-0.2, -0.15) is 0 Å². The molecular weight excluding hydrogens is 302 g/mol. The Morgan fingerprint density at radius 3 is 2.83 bits per heavy atom. The van der Waals surface area contributed by atoms with Crippen LogP contribution in [0.25, 0.3) is 0 Å². The number of amides is 4. The number of carbonyl (C=O) groups is 3. The number of cyclic esters (lactones) is 1. The average Bonchev–Trinajstić information content (AvgIpc) is 2.81. The van der Waals surface area contributed by atoms with Gasteiger partial charge in [-0.15, -0.1) is 0 Å². The summed E-state index contributed by atoms with van der Waals surface area (Å²) in [4.78, 5) is 37.6. The summed E-state index contributed by atoms with van der Waals surface area (Å²) >= 11 is 0. The van der Waals surface area contributed by atoms with Gasteiger partial charge < -0.3 is 19.7 Å². The largest absolute Gasteiger partial charge is 0.497 e. The number of hydrogen-bond acceptors (Lipinski definition) is 5. The molecule has 1 aromatic carbocycles. The van der Waals surface area contributed by atoms with Crippen LogP contribution in [0, 0.1) is 5.92 Å². The minimum absolute atomic E-state index is 0.0839. The first-order valence-electron chi connectivity index (χ1n) is 7.24. The molecule has 0 unspecified atom stereocenters. The van der Waals surface area contributed by atoms with E-state index in [4.69, 9.17) is 4.74 Å². The third-order valence-corrected chi connectivity index (χ3v) is 3.85. The van der Waals surface area contributed by atoms with Crippen LogP contribution >= 0.6 is 0 Å². The summed E-state index contributed by atoms with van der Waals surface area (Å²) in [7, 11) is 1.56. The van der Waals surface area contributed by atoms with Gasteiger partial charge in [-0.25, -0.2) is 14.5 Å². The molecule has 2 fully saturated rings.